The van der Waals surface area contributed by atoms with Gasteiger partial charge in [0.15, 0.2) is 5.75 Å². The Morgan fingerprint density at radius 2 is 2.05 bits per heavy atom. The zero-order valence-corrected chi connectivity index (χ0v) is 12.1. The Morgan fingerprint density at radius 3 is 2.76 bits per heavy atom. The molecule has 0 radical (unpaired) electrons. The first-order valence-corrected chi connectivity index (χ1v) is 7.01. The molecule has 0 aliphatic rings. The zero-order valence-electron chi connectivity index (χ0n) is 11.4. The largest absolute Gasteiger partial charge is 0.452 e. The lowest BCUT2D eigenvalue weighted by Crippen LogP contribution is -1.90. The molecule has 0 saturated carbocycles. The monoisotopic (exact) mass is 297 g/mol. The van der Waals surface area contributed by atoms with Crippen molar-refractivity contribution in [2.75, 3.05) is 0 Å². The molecule has 0 bridgehead atoms. The van der Waals surface area contributed by atoms with Crippen LogP contribution in [0.5, 0.6) is 11.5 Å². The molecule has 4 heteroatoms. The van der Waals surface area contributed by atoms with Crippen LogP contribution in [-0.4, -0.2) is 0 Å². The Morgan fingerprint density at radius 1 is 1.24 bits per heavy atom. The number of para-hydroxylation sites is 1. The molecule has 3 nitrogen and oxygen atoms in total. The van der Waals surface area contributed by atoms with Crippen molar-refractivity contribution in [1.82, 2.24) is 0 Å². The van der Waals surface area contributed by atoms with E-state index in [0.717, 1.165) is 16.5 Å². The van der Waals surface area contributed by atoms with E-state index in [1.165, 1.54) is 0 Å². The molecule has 0 saturated heterocycles. The van der Waals surface area contributed by atoms with Gasteiger partial charge in [-0.15, -0.1) is 11.6 Å². The van der Waals surface area contributed by atoms with Crippen LogP contribution in [0.15, 0.2) is 46.9 Å². The minimum absolute atomic E-state index is 0.178. The lowest BCUT2D eigenvalue weighted by molar-refractivity contribution is 0.464. The van der Waals surface area contributed by atoms with Crippen LogP contribution in [0, 0.1) is 18.3 Å². The van der Waals surface area contributed by atoms with Gasteiger partial charge in [-0.05, 0) is 36.2 Å². The molecule has 0 amide bonds. The number of ether oxygens (including phenoxy) is 1. The van der Waals surface area contributed by atoms with Gasteiger partial charge < -0.3 is 9.15 Å². The zero-order chi connectivity index (χ0) is 14.8. The molecule has 0 atom stereocenters. The number of fused-ring (bicyclic) bond motifs is 1. The van der Waals surface area contributed by atoms with Gasteiger partial charge in [0.05, 0.1) is 5.39 Å². The molecule has 2 aromatic carbocycles. The molecule has 1 heterocycles. The summed E-state index contributed by atoms with van der Waals surface area (Å²) in [5.74, 6) is 1.78. The number of halogens is 1. The summed E-state index contributed by atoms with van der Waals surface area (Å²) in [6.07, 6.45) is 0. The molecule has 3 aromatic rings. The number of rotatable bonds is 3. The third-order valence-corrected chi connectivity index (χ3v) is 3.57. The molecule has 0 unspecified atom stereocenters. The number of furan rings is 1. The fourth-order valence-corrected chi connectivity index (χ4v) is 2.38. The summed E-state index contributed by atoms with van der Waals surface area (Å²) in [6, 6.07) is 15.2. The van der Waals surface area contributed by atoms with Crippen LogP contribution in [0.4, 0.5) is 0 Å². The van der Waals surface area contributed by atoms with E-state index >= 15 is 0 Å². The average Bonchev–Trinajstić information content (AvgIpc) is 2.87. The third-order valence-electron chi connectivity index (χ3n) is 3.26. The lowest BCUT2D eigenvalue weighted by atomic mass is 10.1. The first-order valence-electron chi connectivity index (χ1n) is 6.48. The Kier molecular flexibility index (Phi) is 3.55. The number of nitrogens with zero attached hydrogens (tertiary/aromatic N) is 1. The number of nitriles is 1. The van der Waals surface area contributed by atoms with Gasteiger partial charge in [-0.2, -0.15) is 5.26 Å². The van der Waals surface area contributed by atoms with Crippen LogP contribution >= 0.6 is 11.6 Å². The maximum Gasteiger partial charge on any atom is 0.247 e. The molecule has 104 valence electrons. The van der Waals surface area contributed by atoms with Gasteiger partial charge in [0.2, 0.25) is 5.76 Å². The first kappa shape index (κ1) is 13.5. The second kappa shape index (κ2) is 5.51. The normalized spacial score (nSPS) is 10.5. The van der Waals surface area contributed by atoms with Gasteiger partial charge >= 0.3 is 0 Å². The number of aryl methyl sites for hydroxylation is 1. The molecule has 0 aliphatic carbocycles. The standard InChI is InChI=1S/C17H12ClNO2/c1-11-8-12(9-18)6-7-14(11)21-17-13-4-2-3-5-15(13)20-16(17)10-19/h2-8H,9H2,1H3. The van der Waals surface area contributed by atoms with E-state index in [0.29, 0.717) is 23.0 Å². The molecular weight excluding hydrogens is 286 g/mol. The Labute approximate surface area is 127 Å². The van der Waals surface area contributed by atoms with E-state index in [-0.39, 0.29) is 5.76 Å². The molecule has 3 rings (SSSR count). The lowest BCUT2D eigenvalue weighted by Gasteiger charge is -2.08. The fourth-order valence-electron chi connectivity index (χ4n) is 2.22. The van der Waals surface area contributed by atoms with E-state index in [1.807, 2.05) is 55.5 Å². The Balaban J connectivity index is 2.08. The molecule has 1 aromatic heterocycles. The van der Waals surface area contributed by atoms with Crippen LogP contribution in [0.3, 0.4) is 0 Å². The summed E-state index contributed by atoms with van der Waals surface area (Å²) >= 11 is 5.82. The highest BCUT2D eigenvalue weighted by Gasteiger charge is 2.16. The van der Waals surface area contributed by atoms with Gasteiger partial charge in [0, 0.05) is 5.88 Å². The number of hydrogen-bond acceptors (Lipinski definition) is 3. The van der Waals surface area contributed by atoms with Crippen LogP contribution in [-0.2, 0) is 5.88 Å². The highest BCUT2D eigenvalue weighted by molar-refractivity contribution is 6.17. The van der Waals surface area contributed by atoms with Crippen molar-refractivity contribution in [3.8, 4) is 17.6 Å². The summed E-state index contributed by atoms with van der Waals surface area (Å²) in [6.45, 7) is 1.94. The molecule has 21 heavy (non-hydrogen) atoms. The number of alkyl halides is 1. The van der Waals surface area contributed by atoms with Crippen molar-refractivity contribution < 1.29 is 9.15 Å². The number of benzene rings is 2. The van der Waals surface area contributed by atoms with E-state index < -0.39 is 0 Å². The molecular formula is C17H12ClNO2. The SMILES string of the molecule is Cc1cc(CCl)ccc1Oc1c(C#N)oc2ccccc12. The summed E-state index contributed by atoms with van der Waals surface area (Å²) in [5, 5.41) is 9.99. The first-order chi connectivity index (χ1) is 10.2. The van der Waals surface area contributed by atoms with Gasteiger partial charge in [-0.3, -0.25) is 0 Å². The second-order valence-corrected chi connectivity index (χ2v) is 4.97. The fraction of sp³-hybridized carbons (Fsp3) is 0.118. The maximum absolute atomic E-state index is 9.21. The average molecular weight is 298 g/mol. The van der Waals surface area contributed by atoms with Crippen molar-refractivity contribution >= 4 is 22.6 Å². The smallest absolute Gasteiger partial charge is 0.247 e. The van der Waals surface area contributed by atoms with E-state index in [2.05, 4.69) is 0 Å². The van der Waals surface area contributed by atoms with Crippen molar-refractivity contribution in [2.45, 2.75) is 12.8 Å². The summed E-state index contributed by atoms with van der Waals surface area (Å²) in [4.78, 5) is 0. The summed E-state index contributed by atoms with van der Waals surface area (Å²) < 4.78 is 11.4. The van der Waals surface area contributed by atoms with E-state index in [9.17, 15) is 5.26 Å². The Hall–Kier alpha value is -2.44. The van der Waals surface area contributed by atoms with Crippen molar-refractivity contribution in [2.24, 2.45) is 0 Å². The minimum atomic E-state index is 0.178. The van der Waals surface area contributed by atoms with Crippen molar-refractivity contribution in [3.63, 3.8) is 0 Å². The van der Waals surface area contributed by atoms with Crippen LogP contribution in [0.2, 0.25) is 0 Å². The predicted molar refractivity (Wildman–Crippen MR) is 81.7 cm³/mol. The highest BCUT2D eigenvalue weighted by Crippen LogP contribution is 2.37. The van der Waals surface area contributed by atoms with Gasteiger partial charge in [-0.1, -0.05) is 24.3 Å². The molecule has 0 N–H and O–H groups in total. The van der Waals surface area contributed by atoms with E-state index in [1.54, 1.807) is 0 Å². The minimum Gasteiger partial charge on any atom is -0.452 e. The quantitative estimate of drug-likeness (QED) is 0.628. The second-order valence-electron chi connectivity index (χ2n) is 4.70. The molecule has 0 fully saturated rings. The highest BCUT2D eigenvalue weighted by atomic mass is 35.5. The van der Waals surface area contributed by atoms with Gasteiger partial charge in [0.25, 0.3) is 0 Å². The van der Waals surface area contributed by atoms with Crippen LogP contribution in [0.1, 0.15) is 16.9 Å². The van der Waals surface area contributed by atoms with Gasteiger partial charge in [0.1, 0.15) is 17.4 Å². The van der Waals surface area contributed by atoms with Crippen LogP contribution in [0.25, 0.3) is 11.0 Å². The van der Waals surface area contributed by atoms with Gasteiger partial charge in [-0.25, -0.2) is 0 Å². The summed E-state index contributed by atoms with van der Waals surface area (Å²) in [7, 11) is 0. The van der Waals surface area contributed by atoms with E-state index in [4.69, 9.17) is 20.8 Å². The van der Waals surface area contributed by atoms with Crippen molar-refractivity contribution in [3.05, 3.63) is 59.4 Å². The molecule has 0 aliphatic heterocycles. The third kappa shape index (κ3) is 2.46. The maximum atomic E-state index is 9.21. The van der Waals surface area contributed by atoms with Crippen LogP contribution < -0.4 is 4.74 Å². The van der Waals surface area contributed by atoms with Crippen molar-refractivity contribution in [1.29, 1.82) is 5.26 Å². The summed E-state index contributed by atoms with van der Waals surface area (Å²) in [5.41, 5.74) is 2.63. The number of hydrogen-bond donors (Lipinski definition) is 0. The Bertz CT molecular complexity index is 846. The molecule has 0 spiro atoms. The topological polar surface area (TPSA) is 46.2 Å². The predicted octanol–water partition coefficient (Wildman–Crippen LogP) is 5.14.